The van der Waals surface area contributed by atoms with Gasteiger partial charge in [-0.05, 0) is 78.3 Å². The molecule has 5 rings (SSSR count). The Bertz CT molecular complexity index is 1320. The highest BCUT2D eigenvalue weighted by Gasteiger charge is 2.25. The minimum absolute atomic E-state index is 0.200. The van der Waals surface area contributed by atoms with Crippen molar-refractivity contribution in [1.29, 1.82) is 0 Å². The number of furan rings is 1. The molecule has 0 unspecified atom stereocenters. The van der Waals surface area contributed by atoms with Gasteiger partial charge in [-0.1, -0.05) is 30.3 Å². The highest BCUT2D eigenvalue weighted by Crippen LogP contribution is 2.42. The third kappa shape index (κ3) is 4.85. The summed E-state index contributed by atoms with van der Waals surface area (Å²) in [5.74, 6) is 1.10. The molecule has 1 aliphatic carbocycles. The standard InChI is InChI=1S/C29H29NO4/c1-2-32-28(31)16-24-9-8-22(21-6-7-21)15-27(24)34-18-20-13-25-10-11-33-29(25)26(14-20)23-5-3-4-19(12-23)17-30/h3-5,8-15,21H,2,6-7,16-18,30H2,1H3. The van der Waals surface area contributed by atoms with Gasteiger partial charge in [-0.3, -0.25) is 4.79 Å². The lowest BCUT2D eigenvalue weighted by molar-refractivity contribution is -0.142. The van der Waals surface area contributed by atoms with E-state index in [0.29, 0.717) is 25.7 Å². The molecule has 34 heavy (non-hydrogen) atoms. The SMILES string of the molecule is CCOC(=O)Cc1ccc(C2CC2)cc1OCc1cc(-c2cccc(CN)c2)c2occc2c1. The normalized spacial score (nSPS) is 13.2. The van der Waals surface area contributed by atoms with Gasteiger partial charge in [0.2, 0.25) is 0 Å². The first-order valence-electron chi connectivity index (χ1n) is 11.9. The molecule has 0 radical (unpaired) electrons. The Morgan fingerprint density at radius 1 is 1.06 bits per heavy atom. The summed E-state index contributed by atoms with van der Waals surface area (Å²) in [6, 6.07) is 20.6. The van der Waals surface area contributed by atoms with Crippen molar-refractivity contribution in [3.63, 3.8) is 0 Å². The van der Waals surface area contributed by atoms with Crippen LogP contribution in [0.2, 0.25) is 0 Å². The molecule has 5 heteroatoms. The largest absolute Gasteiger partial charge is 0.489 e. The van der Waals surface area contributed by atoms with E-state index in [1.54, 1.807) is 6.26 Å². The van der Waals surface area contributed by atoms with Crippen LogP contribution in [-0.2, 0) is 29.1 Å². The fourth-order valence-corrected chi connectivity index (χ4v) is 4.36. The van der Waals surface area contributed by atoms with Crippen LogP contribution in [0.4, 0.5) is 0 Å². The summed E-state index contributed by atoms with van der Waals surface area (Å²) in [4.78, 5) is 12.1. The Balaban J connectivity index is 1.45. The van der Waals surface area contributed by atoms with Gasteiger partial charge in [0.1, 0.15) is 17.9 Å². The average molecular weight is 456 g/mol. The van der Waals surface area contributed by atoms with Crippen molar-refractivity contribution in [2.45, 2.75) is 45.3 Å². The molecule has 0 spiro atoms. The van der Waals surface area contributed by atoms with Crippen LogP contribution in [0.1, 0.15) is 47.9 Å². The number of rotatable bonds is 9. The molecule has 0 aliphatic heterocycles. The summed E-state index contributed by atoms with van der Waals surface area (Å²) >= 11 is 0. The van der Waals surface area contributed by atoms with E-state index >= 15 is 0 Å². The fourth-order valence-electron chi connectivity index (χ4n) is 4.36. The number of ether oxygens (including phenoxy) is 2. The average Bonchev–Trinajstić information content (AvgIpc) is 3.60. The molecule has 1 heterocycles. The molecule has 2 N–H and O–H groups in total. The van der Waals surface area contributed by atoms with Crippen molar-refractivity contribution >= 4 is 16.9 Å². The number of hydrogen-bond donors (Lipinski definition) is 1. The summed E-state index contributed by atoms with van der Waals surface area (Å²) in [6.45, 7) is 3.06. The van der Waals surface area contributed by atoms with Gasteiger partial charge in [0.05, 0.1) is 19.3 Å². The zero-order valence-corrected chi connectivity index (χ0v) is 19.4. The van der Waals surface area contributed by atoms with Crippen LogP contribution in [0, 0.1) is 0 Å². The van der Waals surface area contributed by atoms with Crippen LogP contribution in [0.15, 0.2) is 71.3 Å². The number of nitrogens with two attached hydrogens (primary N) is 1. The van der Waals surface area contributed by atoms with E-state index in [2.05, 4.69) is 36.4 Å². The minimum Gasteiger partial charge on any atom is -0.489 e. The second kappa shape index (κ2) is 9.74. The number of carbonyl (C=O) groups is 1. The van der Waals surface area contributed by atoms with Crippen LogP contribution in [0.25, 0.3) is 22.1 Å². The molecule has 0 saturated heterocycles. The van der Waals surface area contributed by atoms with Gasteiger partial charge in [0, 0.05) is 23.1 Å². The predicted octanol–water partition coefficient (Wildman–Crippen LogP) is 6.12. The second-order valence-corrected chi connectivity index (χ2v) is 8.80. The first-order valence-corrected chi connectivity index (χ1v) is 11.9. The van der Waals surface area contributed by atoms with Crippen molar-refractivity contribution < 1.29 is 18.7 Å². The molecule has 5 nitrogen and oxygen atoms in total. The van der Waals surface area contributed by atoms with Crippen molar-refractivity contribution in [3.8, 4) is 16.9 Å². The molecule has 0 amide bonds. The van der Waals surface area contributed by atoms with E-state index in [9.17, 15) is 4.79 Å². The summed E-state index contributed by atoms with van der Waals surface area (Å²) in [6.07, 6.45) is 4.33. The lowest BCUT2D eigenvalue weighted by Gasteiger charge is -2.14. The maximum atomic E-state index is 12.1. The Labute approximate surface area is 199 Å². The number of benzene rings is 3. The number of hydrogen-bond acceptors (Lipinski definition) is 5. The van der Waals surface area contributed by atoms with E-state index < -0.39 is 0 Å². The lowest BCUT2D eigenvalue weighted by atomic mass is 9.99. The molecule has 1 saturated carbocycles. The highest BCUT2D eigenvalue weighted by atomic mass is 16.5. The van der Waals surface area contributed by atoms with Crippen LogP contribution in [0.5, 0.6) is 5.75 Å². The van der Waals surface area contributed by atoms with Crippen molar-refractivity contribution in [2.24, 2.45) is 5.73 Å². The second-order valence-electron chi connectivity index (χ2n) is 8.80. The summed E-state index contributed by atoms with van der Waals surface area (Å²) in [7, 11) is 0. The van der Waals surface area contributed by atoms with Crippen LogP contribution in [-0.4, -0.2) is 12.6 Å². The third-order valence-corrected chi connectivity index (χ3v) is 6.26. The van der Waals surface area contributed by atoms with E-state index in [0.717, 1.165) is 44.5 Å². The van der Waals surface area contributed by atoms with Crippen LogP contribution >= 0.6 is 0 Å². The van der Waals surface area contributed by atoms with Gasteiger partial charge >= 0.3 is 5.97 Å². The molecule has 1 aliphatic rings. The zero-order chi connectivity index (χ0) is 23.5. The van der Waals surface area contributed by atoms with Crippen LogP contribution < -0.4 is 10.5 Å². The molecule has 3 aromatic carbocycles. The zero-order valence-electron chi connectivity index (χ0n) is 19.4. The maximum absolute atomic E-state index is 12.1. The van der Waals surface area contributed by atoms with E-state index in [1.807, 2.05) is 31.2 Å². The molecular weight excluding hydrogens is 426 g/mol. The van der Waals surface area contributed by atoms with E-state index in [-0.39, 0.29) is 12.4 Å². The van der Waals surface area contributed by atoms with E-state index in [4.69, 9.17) is 19.6 Å². The van der Waals surface area contributed by atoms with Crippen LogP contribution in [0.3, 0.4) is 0 Å². The van der Waals surface area contributed by atoms with Gasteiger partial charge in [-0.15, -0.1) is 0 Å². The van der Waals surface area contributed by atoms with E-state index in [1.165, 1.54) is 18.4 Å². The van der Waals surface area contributed by atoms with Crippen molar-refractivity contribution in [2.75, 3.05) is 6.61 Å². The Kier molecular flexibility index (Phi) is 6.37. The van der Waals surface area contributed by atoms with Gasteiger partial charge in [-0.2, -0.15) is 0 Å². The number of carbonyl (C=O) groups excluding carboxylic acids is 1. The van der Waals surface area contributed by atoms with Crippen molar-refractivity contribution in [1.82, 2.24) is 0 Å². The fraction of sp³-hybridized carbons (Fsp3) is 0.276. The highest BCUT2D eigenvalue weighted by molar-refractivity contribution is 5.93. The number of esters is 1. The van der Waals surface area contributed by atoms with Gasteiger partial charge in [-0.25, -0.2) is 0 Å². The molecule has 0 bridgehead atoms. The topological polar surface area (TPSA) is 74.7 Å². The smallest absolute Gasteiger partial charge is 0.310 e. The summed E-state index contributed by atoms with van der Waals surface area (Å²) < 4.78 is 17.3. The first-order chi connectivity index (χ1) is 16.6. The van der Waals surface area contributed by atoms with Gasteiger partial charge in [0.25, 0.3) is 0 Å². The maximum Gasteiger partial charge on any atom is 0.310 e. The molecule has 0 atom stereocenters. The summed E-state index contributed by atoms with van der Waals surface area (Å²) in [5, 5.41) is 1.02. The Hall–Kier alpha value is -3.57. The molecule has 174 valence electrons. The first kappa shape index (κ1) is 22.2. The molecular formula is C29H29NO4. The van der Waals surface area contributed by atoms with Gasteiger partial charge in [0.15, 0.2) is 0 Å². The minimum atomic E-state index is -0.242. The molecule has 1 fully saturated rings. The number of fused-ring (bicyclic) bond motifs is 1. The Morgan fingerprint density at radius 3 is 2.74 bits per heavy atom. The van der Waals surface area contributed by atoms with Crippen molar-refractivity contribution in [3.05, 3.63) is 89.2 Å². The monoisotopic (exact) mass is 455 g/mol. The molecule has 1 aromatic heterocycles. The molecule has 4 aromatic rings. The predicted molar refractivity (Wildman–Crippen MR) is 133 cm³/mol. The quantitative estimate of drug-likeness (QED) is 0.308. The Morgan fingerprint density at radius 2 is 1.94 bits per heavy atom. The lowest BCUT2D eigenvalue weighted by Crippen LogP contribution is -2.09. The summed E-state index contributed by atoms with van der Waals surface area (Å²) in [5.41, 5.74) is 13.0. The van der Waals surface area contributed by atoms with Gasteiger partial charge < -0.3 is 19.6 Å². The third-order valence-electron chi connectivity index (χ3n) is 6.26.